The lowest BCUT2D eigenvalue weighted by molar-refractivity contribution is 0.102. The molecule has 0 spiro atoms. The average molecular weight is 333 g/mol. The van der Waals surface area contributed by atoms with Crippen LogP contribution in [0.3, 0.4) is 0 Å². The molecule has 1 aromatic heterocycles. The van der Waals surface area contributed by atoms with Crippen LogP contribution in [0.2, 0.25) is 0 Å². The van der Waals surface area contributed by atoms with E-state index in [9.17, 15) is 14.4 Å². The predicted molar refractivity (Wildman–Crippen MR) is 93.3 cm³/mol. The van der Waals surface area contributed by atoms with Crippen molar-refractivity contribution in [3.8, 4) is 0 Å². The normalized spacial score (nSPS) is 10.7. The van der Waals surface area contributed by atoms with E-state index in [1.807, 2.05) is 30.3 Å². The molecule has 6 nitrogen and oxygen atoms in total. The summed E-state index contributed by atoms with van der Waals surface area (Å²) in [6, 6.07) is 9.29. The fourth-order valence-electron chi connectivity index (χ4n) is 2.38. The van der Waals surface area contributed by atoms with E-state index in [-0.39, 0.29) is 36.0 Å². The number of thioether (sulfide) groups is 1. The Morgan fingerprint density at radius 3 is 2.39 bits per heavy atom. The predicted octanol–water partition coefficient (Wildman–Crippen LogP) is 1.21. The first-order valence-electron chi connectivity index (χ1n) is 7.20. The van der Waals surface area contributed by atoms with Gasteiger partial charge in [0, 0.05) is 6.54 Å². The Morgan fingerprint density at radius 2 is 1.83 bits per heavy atom. The van der Waals surface area contributed by atoms with Gasteiger partial charge >= 0.3 is 5.69 Å². The van der Waals surface area contributed by atoms with E-state index in [0.717, 1.165) is 10.1 Å². The molecule has 2 rings (SSSR count). The van der Waals surface area contributed by atoms with E-state index in [0.29, 0.717) is 0 Å². The summed E-state index contributed by atoms with van der Waals surface area (Å²) in [5.41, 5.74) is 5.66. The van der Waals surface area contributed by atoms with Gasteiger partial charge in [-0.2, -0.15) is 11.8 Å². The fourth-order valence-corrected chi connectivity index (χ4v) is 2.78. The molecule has 23 heavy (non-hydrogen) atoms. The zero-order valence-corrected chi connectivity index (χ0v) is 13.9. The lowest BCUT2D eigenvalue weighted by Gasteiger charge is -2.15. The summed E-state index contributed by atoms with van der Waals surface area (Å²) >= 11 is 1.31. The van der Waals surface area contributed by atoms with Crippen molar-refractivity contribution in [1.82, 2.24) is 9.13 Å². The monoisotopic (exact) mass is 333 g/mol. The molecule has 0 saturated heterocycles. The van der Waals surface area contributed by atoms with E-state index < -0.39 is 11.2 Å². The number of nitrogens with zero attached hydrogens (tertiary/aromatic N) is 2. The van der Waals surface area contributed by atoms with Gasteiger partial charge in [0.05, 0.1) is 12.3 Å². The van der Waals surface area contributed by atoms with Crippen LogP contribution in [0.25, 0.3) is 0 Å². The van der Waals surface area contributed by atoms with Crippen LogP contribution in [0.15, 0.2) is 39.9 Å². The molecule has 2 aromatic rings. The van der Waals surface area contributed by atoms with Gasteiger partial charge in [0.15, 0.2) is 5.78 Å². The summed E-state index contributed by atoms with van der Waals surface area (Å²) < 4.78 is 2.33. The Hall–Kier alpha value is -2.28. The third kappa shape index (κ3) is 3.39. The molecule has 0 radical (unpaired) electrons. The summed E-state index contributed by atoms with van der Waals surface area (Å²) in [6.07, 6.45) is 1.77. The van der Waals surface area contributed by atoms with E-state index in [2.05, 4.69) is 0 Å². The van der Waals surface area contributed by atoms with Crippen LogP contribution >= 0.6 is 11.8 Å². The summed E-state index contributed by atoms with van der Waals surface area (Å²) in [6.45, 7) is 2.09. The number of benzene rings is 1. The van der Waals surface area contributed by atoms with E-state index in [1.54, 1.807) is 13.2 Å². The van der Waals surface area contributed by atoms with Crippen molar-refractivity contribution >= 4 is 23.4 Å². The minimum Gasteiger partial charge on any atom is -0.384 e. The van der Waals surface area contributed by atoms with Crippen LogP contribution in [0.4, 0.5) is 5.82 Å². The Kier molecular flexibility index (Phi) is 5.44. The summed E-state index contributed by atoms with van der Waals surface area (Å²) in [4.78, 5) is 37.2. The molecule has 0 saturated carbocycles. The zero-order chi connectivity index (χ0) is 17.0. The highest BCUT2D eigenvalue weighted by molar-refractivity contribution is 7.99. The quantitative estimate of drug-likeness (QED) is 0.803. The second-order valence-corrected chi connectivity index (χ2v) is 5.89. The number of nitrogen functional groups attached to an aromatic ring is 1. The SMILES string of the molecule is CCn1c(=O)c(C(=O)CSC)c(N)n(Cc2ccccc2)c1=O. The molecular weight excluding hydrogens is 314 g/mol. The van der Waals surface area contributed by atoms with Crippen molar-refractivity contribution in [3.05, 3.63) is 62.3 Å². The van der Waals surface area contributed by atoms with Gasteiger partial charge < -0.3 is 5.73 Å². The highest BCUT2D eigenvalue weighted by Crippen LogP contribution is 2.11. The van der Waals surface area contributed by atoms with Crippen molar-refractivity contribution in [2.75, 3.05) is 17.7 Å². The maximum absolute atomic E-state index is 12.5. The van der Waals surface area contributed by atoms with Gasteiger partial charge in [-0.1, -0.05) is 30.3 Å². The first-order valence-corrected chi connectivity index (χ1v) is 8.59. The number of anilines is 1. The first-order chi connectivity index (χ1) is 11.0. The van der Waals surface area contributed by atoms with Crippen LogP contribution in [0, 0.1) is 0 Å². The van der Waals surface area contributed by atoms with E-state index in [1.165, 1.54) is 16.3 Å². The Morgan fingerprint density at radius 1 is 1.17 bits per heavy atom. The minimum absolute atomic E-state index is 0.0624. The molecule has 7 heteroatoms. The second kappa shape index (κ2) is 7.32. The largest absolute Gasteiger partial charge is 0.384 e. The number of carbonyl (C=O) groups is 1. The molecular formula is C16H19N3O3S. The Bertz CT molecular complexity index is 825. The van der Waals surface area contributed by atoms with Crippen LogP contribution < -0.4 is 17.0 Å². The highest BCUT2D eigenvalue weighted by atomic mass is 32.2. The smallest absolute Gasteiger partial charge is 0.332 e. The van der Waals surface area contributed by atoms with Gasteiger partial charge in [0.25, 0.3) is 5.56 Å². The molecule has 122 valence electrons. The molecule has 2 N–H and O–H groups in total. The van der Waals surface area contributed by atoms with Crippen LogP contribution in [0.5, 0.6) is 0 Å². The van der Waals surface area contributed by atoms with Crippen molar-refractivity contribution in [2.24, 2.45) is 0 Å². The van der Waals surface area contributed by atoms with Crippen molar-refractivity contribution < 1.29 is 4.79 Å². The van der Waals surface area contributed by atoms with Gasteiger partial charge in [-0.05, 0) is 18.7 Å². The lowest BCUT2D eigenvalue weighted by Crippen LogP contribution is -2.44. The van der Waals surface area contributed by atoms with Gasteiger partial charge in [-0.3, -0.25) is 18.7 Å². The molecule has 0 amide bonds. The van der Waals surface area contributed by atoms with Crippen molar-refractivity contribution in [1.29, 1.82) is 0 Å². The maximum atomic E-state index is 12.5. The number of carbonyl (C=O) groups excluding carboxylic acids is 1. The fraction of sp³-hybridized carbons (Fsp3) is 0.312. The molecule has 0 unspecified atom stereocenters. The number of Topliss-reactive ketones (excluding diaryl/α,β-unsaturated/α-hetero) is 1. The number of hydrogen-bond acceptors (Lipinski definition) is 5. The topological polar surface area (TPSA) is 87.1 Å². The molecule has 0 bridgehead atoms. The first kappa shape index (κ1) is 17.1. The molecule has 0 aliphatic heterocycles. The molecule has 1 heterocycles. The van der Waals surface area contributed by atoms with Crippen LogP contribution in [-0.4, -0.2) is 26.9 Å². The lowest BCUT2D eigenvalue weighted by atomic mass is 10.2. The maximum Gasteiger partial charge on any atom is 0.332 e. The summed E-state index contributed by atoms with van der Waals surface area (Å²) in [7, 11) is 0. The highest BCUT2D eigenvalue weighted by Gasteiger charge is 2.21. The molecule has 0 atom stereocenters. The average Bonchev–Trinajstić information content (AvgIpc) is 2.53. The number of nitrogens with two attached hydrogens (primary N) is 1. The molecule has 0 aliphatic rings. The summed E-state index contributed by atoms with van der Waals surface area (Å²) in [5, 5.41) is 0. The summed E-state index contributed by atoms with van der Waals surface area (Å²) in [5.74, 6) is -0.274. The van der Waals surface area contributed by atoms with Crippen molar-refractivity contribution in [2.45, 2.75) is 20.0 Å². The standard InChI is InChI=1S/C16H19N3O3S/c1-3-18-15(21)13(12(20)10-23-2)14(17)19(16(18)22)9-11-7-5-4-6-8-11/h4-8H,3,9-10,17H2,1-2H3. The second-order valence-electron chi connectivity index (χ2n) is 5.02. The van der Waals surface area contributed by atoms with E-state index in [4.69, 9.17) is 5.73 Å². The number of rotatable bonds is 6. The van der Waals surface area contributed by atoms with Gasteiger partial charge in [0.2, 0.25) is 0 Å². The van der Waals surface area contributed by atoms with Gasteiger partial charge in [-0.15, -0.1) is 0 Å². The van der Waals surface area contributed by atoms with Crippen LogP contribution in [0.1, 0.15) is 22.8 Å². The molecule has 1 aromatic carbocycles. The third-order valence-corrected chi connectivity index (χ3v) is 4.07. The molecule has 0 fully saturated rings. The number of aromatic nitrogens is 2. The Labute approximate surface area is 137 Å². The van der Waals surface area contributed by atoms with E-state index >= 15 is 0 Å². The number of ketones is 1. The van der Waals surface area contributed by atoms with Crippen molar-refractivity contribution in [3.63, 3.8) is 0 Å². The number of hydrogen-bond donors (Lipinski definition) is 1. The zero-order valence-electron chi connectivity index (χ0n) is 13.1. The molecule has 0 aliphatic carbocycles. The van der Waals surface area contributed by atoms with Gasteiger partial charge in [-0.25, -0.2) is 4.79 Å². The Balaban J connectivity index is 2.66. The van der Waals surface area contributed by atoms with Crippen LogP contribution in [-0.2, 0) is 13.1 Å². The van der Waals surface area contributed by atoms with Gasteiger partial charge in [0.1, 0.15) is 11.4 Å². The minimum atomic E-state index is -0.613. The third-order valence-electron chi connectivity index (χ3n) is 3.52.